The molecule has 2 fully saturated rings. The van der Waals surface area contributed by atoms with Crippen LogP contribution in [-0.4, -0.2) is 36.9 Å². The number of hydrogen-bond donors (Lipinski definition) is 0. The van der Waals surface area contributed by atoms with Crippen molar-refractivity contribution in [2.75, 3.05) is 13.2 Å². The first kappa shape index (κ1) is 20.4. The highest BCUT2D eigenvalue weighted by molar-refractivity contribution is 5.78. The highest BCUT2D eigenvalue weighted by Gasteiger charge is 2.29. The zero-order valence-corrected chi connectivity index (χ0v) is 18.5. The Kier molecular flexibility index (Phi) is 5.10. The van der Waals surface area contributed by atoms with Crippen LogP contribution in [0.15, 0.2) is 52.3 Å². The van der Waals surface area contributed by atoms with Crippen LogP contribution in [0.25, 0.3) is 21.9 Å². The van der Waals surface area contributed by atoms with Gasteiger partial charge in [-0.1, -0.05) is 12.1 Å². The molecule has 4 aromatic rings. The molecule has 0 radical (unpaired) electrons. The van der Waals surface area contributed by atoms with E-state index in [1.54, 1.807) is 17.0 Å². The van der Waals surface area contributed by atoms with Crippen molar-refractivity contribution in [2.45, 2.75) is 51.2 Å². The Morgan fingerprint density at radius 3 is 2.58 bits per heavy atom. The van der Waals surface area contributed by atoms with Gasteiger partial charge in [0.05, 0.1) is 34.7 Å². The van der Waals surface area contributed by atoms with Crippen molar-refractivity contribution in [3.63, 3.8) is 0 Å². The molecule has 33 heavy (non-hydrogen) atoms. The molecule has 3 aromatic heterocycles. The van der Waals surface area contributed by atoms with Gasteiger partial charge in [0.25, 0.3) is 5.56 Å². The molecule has 1 aromatic carbocycles. The van der Waals surface area contributed by atoms with E-state index < -0.39 is 0 Å². The van der Waals surface area contributed by atoms with Crippen molar-refractivity contribution >= 4 is 21.9 Å². The maximum Gasteiger partial charge on any atom is 0.329 e. The normalized spacial score (nSPS) is 17.2. The molecule has 6 rings (SSSR count). The van der Waals surface area contributed by atoms with E-state index in [4.69, 9.17) is 4.74 Å². The number of benzene rings is 1. The first-order valence-electron chi connectivity index (χ1n) is 11.8. The van der Waals surface area contributed by atoms with Crippen LogP contribution >= 0.6 is 0 Å². The average Bonchev–Trinajstić information content (AvgIpc) is 3.64. The minimum atomic E-state index is -0.250. The van der Waals surface area contributed by atoms with Gasteiger partial charge in [0.1, 0.15) is 5.82 Å². The Balaban J connectivity index is 1.45. The van der Waals surface area contributed by atoms with Crippen LogP contribution in [0.4, 0.5) is 0 Å². The summed E-state index contributed by atoms with van der Waals surface area (Å²) in [5.41, 5.74) is 2.25. The van der Waals surface area contributed by atoms with Crippen LogP contribution in [0.2, 0.25) is 0 Å². The number of aryl methyl sites for hydroxylation is 1. The molecule has 0 bridgehead atoms. The summed E-state index contributed by atoms with van der Waals surface area (Å²) < 4.78 is 11.3. The lowest BCUT2D eigenvalue weighted by Gasteiger charge is -2.23. The number of fused-ring (bicyclic) bond motifs is 2. The third-order valence-electron chi connectivity index (χ3n) is 7.05. The molecule has 2 aliphatic rings. The molecule has 0 N–H and O–H groups in total. The zero-order chi connectivity index (χ0) is 22.4. The third-order valence-corrected chi connectivity index (χ3v) is 7.05. The first-order chi connectivity index (χ1) is 16.2. The fraction of sp³-hybridized carbons (Fsp3) is 0.440. The topological polar surface area (TPSA) is 83.9 Å². The SMILES string of the molecule is O=c1nc(Cn2c(=O)n(C3CC3)c3ccncc32)n(CCC2CCOCC2)c2ccccc12. The van der Waals surface area contributed by atoms with Crippen LogP contribution in [0, 0.1) is 5.92 Å². The van der Waals surface area contributed by atoms with Crippen LogP contribution in [0.1, 0.15) is 44.0 Å². The Hall–Kier alpha value is -3.26. The number of pyridine rings is 1. The Labute approximate surface area is 190 Å². The fourth-order valence-corrected chi connectivity index (χ4v) is 5.09. The van der Waals surface area contributed by atoms with E-state index in [-0.39, 0.29) is 23.8 Å². The summed E-state index contributed by atoms with van der Waals surface area (Å²) in [4.78, 5) is 35.0. The van der Waals surface area contributed by atoms with Crippen molar-refractivity contribution in [3.05, 3.63) is 69.4 Å². The second kappa shape index (κ2) is 8.26. The summed E-state index contributed by atoms with van der Waals surface area (Å²) in [5, 5.41) is 0.614. The van der Waals surface area contributed by atoms with Crippen molar-refractivity contribution in [1.82, 2.24) is 23.7 Å². The highest BCUT2D eigenvalue weighted by Crippen LogP contribution is 2.36. The standard InChI is InChI=1S/C25H27N5O3/c31-24-19-3-1-2-4-20(19)28(12-8-17-9-13-33-14-10-17)23(27-24)16-29-22-15-26-11-7-21(22)30(25(29)32)18-5-6-18/h1-4,7,11,15,17-18H,5-6,8-10,12-14,16H2. The third kappa shape index (κ3) is 3.68. The quantitative estimate of drug-likeness (QED) is 0.455. The lowest BCUT2D eigenvalue weighted by atomic mass is 9.96. The maximum atomic E-state index is 13.4. The average molecular weight is 446 g/mol. The number of imidazole rings is 1. The van der Waals surface area contributed by atoms with Gasteiger partial charge in [0, 0.05) is 32.0 Å². The van der Waals surface area contributed by atoms with E-state index in [1.165, 1.54) is 0 Å². The summed E-state index contributed by atoms with van der Waals surface area (Å²) in [6.07, 6.45) is 8.61. The van der Waals surface area contributed by atoms with E-state index in [0.29, 0.717) is 17.1 Å². The molecule has 0 unspecified atom stereocenters. The minimum absolute atomic E-state index is 0.0566. The molecule has 1 saturated carbocycles. The van der Waals surface area contributed by atoms with Crippen molar-refractivity contribution in [3.8, 4) is 0 Å². The van der Waals surface area contributed by atoms with Gasteiger partial charge in [-0.05, 0) is 56.2 Å². The number of rotatable bonds is 6. The predicted octanol–water partition coefficient (Wildman–Crippen LogP) is 3.11. The van der Waals surface area contributed by atoms with Crippen molar-refractivity contribution < 1.29 is 4.74 Å². The van der Waals surface area contributed by atoms with Crippen LogP contribution in [-0.2, 0) is 17.8 Å². The second-order valence-corrected chi connectivity index (χ2v) is 9.18. The van der Waals surface area contributed by atoms with Crippen LogP contribution in [0.3, 0.4) is 0 Å². The molecule has 1 aliphatic carbocycles. The molecule has 0 spiro atoms. The molecule has 1 saturated heterocycles. The molecule has 4 heterocycles. The Morgan fingerprint density at radius 2 is 1.76 bits per heavy atom. The molecule has 0 amide bonds. The summed E-state index contributed by atoms with van der Waals surface area (Å²) in [6.45, 7) is 2.62. The highest BCUT2D eigenvalue weighted by atomic mass is 16.5. The van der Waals surface area contributed by atoms with E-state index in [1.807, 2.05) is 34.9 Å². The number of aromatic nitrogens is 5. The predicted molar refractivity (Wildman–Crippen MR) is 126 cm³/mol. The summed E-state index contributed by atoms with van der Waals surface area (Å²) in [7, 11) is 0. The lowest BCUT2D eigenvalue weighted by Crippen LogP contribution is -2.28. The van der Waals surface area contributed by atoms with Gasteiger partial charge in [-0.3, -0.25) is 18.9 Å². The van der Waals surface area contributed by atoms with E-state index in [2.05, 4.69) is 14.5 Å². The first-order valence-corrected chi connectivity index (χ1v) is 11.8. The molecular weight excluding hydrogens is 418 g/mol. The van der Waals surface area contributed by atoms with Gasteiger partial charge in [-0.15, -0.1) is 0 Å². The molecule has 1 aliphatic heterocycles. The number of ether oxygens (including phenoxy) is 1. The number of para-hydroxylation sites is 1. The molecular formula is C25H27N5O3. The van der Waals surface area contributed by atoms with Gasteiger partial charge in [-0.2, -0.15) is 4.98 Å². The maximum absolute atomic E-state index is 13.4. The molecule has 8 heteroatoms. The monoisotopic (exact) mass is 445 g/mol. The van der Waals surface area contributed by atoms with E-state index >= 15 is 0 Å². The molecule has 8 nitrogen and oxygen atoms in total. The van der Waals surface area contributed by atoms with Crippen molar-refractivity contribution in [2.24, 2.45) is 5.92 Å². The summed E-state index contributed by atoms with van der Waals surface area (Å²) in [6, 6.07) is 9.78. The molecule has 170 valence electrons. The van der Waals surface area contributed by atoms with E-state index in [9.17, 15) is 9.59 Å². The van der Waals surface area contributed by atoms with Crippen LogP contribution in [0.5, 0.6) is 0 Å². The lowest BCUT2D eigenvalue weighted by molar-refractivity contribution is 0.0626. The van der Waals surface area contributed by atoms with E-state index in [0.717, 1.165) is 68.4 Å². The van der Waals surface area contributed by atoms with Gasteiger partial charge in [0.2, 0.25) is 0 Å². The largest absolute Gasteiger partial charge is 0.381 e. The molecule has 0 atom stereocenters. The van der Waals surface area contributed by atoms with Gasteiger partial charge in [-0.25, -0.2) is 4.79 Å². The number of nitrogens with zero attached hydrogens (tertiary/aromatic N) is 5. The van der Waals surface area contributed by atoms with Crippen LogP contribution < -0.4 is 11.2 Å². The van der Waals surface area contributed by atoms with Gasteiger partial charge >= 0.3 is 5.69 Å². The Bertz CT molecular complexity index is 1440. The second-order valence-electron chi connectivity index (χ2n) is 9.18. The minimum Gasteiger partial charge on any atom is -0.381 e. The van der Waals surface area contributed by atoms with Crippen molar-refractivity contribution in [1.29, 1.82) is 0 Å². The van der Waals surface area contributed by atoms with Gasteiger partial charge < -0.3 is 9.30 Å². The summed E-state index contributed by atoms with van der Waals surface area (Å²) >= 11 is 0. The zero-order valence-electron chi connectivity index (χ0n) is 18.5. The van der Waals surface area contributed by atoms with Gasteiger partial charge in [0.15, 0.2) is 0 Å². The number of hydrogen-bond acceptors (Lipinski definition) is 5. The Morgan fingerprint density at radius 1 is 0.939 bits per heavy atom. The summed E-state index contributed by atoms with van der Waals surface area (Å²) in [5.74, 6) is 1.21. The fourth-order valence-electron chi connectivity index (χ4n) is 5.09. The smallest absolute Gasteiger partial charge is 0.329 e.